The number of carbonyl (C=O) groups is 1. The molecule has 0 bridgehead atoms. The predicted octanol–water partition coefficient (Wildman–Crippen LogP) is 4.29. The minimum absolute atomic E-state index is 0.00258. The first-order valence-electron chi connectivity index (χ1n) is 10.8. The molecule has 0 saturated heterocycles. The van der Waals surface area contributed by atoms with Gasteiger partial charge < -0.3 is 10.1 Å². The zero-order valence-corrected chi connectivity index (χ0v) is 18.6. The Kier molecular flexibility index (Phi) is 6.55. The standard InChI is InChI=1S/C23H26FN3O4S/c1-32(29,30)20(24)13-18(15-11-12-15)26-22(28)19-14-25-21(16-7-5-6-8-16)23(27-19)31-17-9-3-2-4-10-17/h2-4,9-10,13-16,18H,5-8,11-12H2,1H3,(H,26,28)/b20-13+/t18-/m1/s1. The molecule has 7 nitrogen and oxygen atoms in total. The number of hydrogen-bond acceptors (Lipinski definition) is 6. The van der Waals surface area contributed by atoms with Crippen LogP contribution in [0.4, 0.5) is 4.39 Å². The molecular formula is C23H26FN3O4S. The van der Waals surface area contributed by atoms with Crippen LogP contribution in [-0.4, -0.2) is 36.6 Å². The largest absolute Gasteiger partial charge is 0.437 e. The van der Waals surface area contributed by atoms with Gasteiger partial charge in [-0.25, -0.2) is 13.4 Å². The first-order valence-corrected chi connectivity index (χ1v) is 12.7. The summed E-state index contributed by atoms with van der Waals surface area (Å²) in [6.45, 7) is 0. The molecule has 170 valence electrons. The number of sulfone groups is 1. The van der Waals surface area contributed by atoms with Crippen LogP contribution in [0.3, 0.4) is 0 Å². The molecule has 2 aromatic rings. The number of aromatic nitrogens is 2. The molecule has 0 spiro atoms. The summed E-state index contributed by atoms with van der Waals surface area (Å²) in [5.74, 6) is 0.550. The number of rotatable bonds is 8. The third kappa shape index (κ3) is 5.51. The average molecular weight is 460 g/mol. The monoisotopic (exact) mass is 459 g/mol. The van der Waals surface area contributed by atoms with Crippen molar-refractivity contribution < 1.29 is 22.3 Å². The summed E-state index contributed by atoms with van der Waals surface area (Å²) in [5, 5.41) is 1.46. The maximum absolute atomic E-state index is 14.0. The van der Waals surface area contributed by atoms with Crippen molar-refractivity contribution in [1.29, 1.82) is 0 Å². The molecule has 1 N–H and O–H groups in total. The Labute approximate surface area is 187 Å². The van der Waals surface area contributed by atoms with Crippen LogP contribution < -0.4 is 10.1 Å². The number of amides is 1. The zero-order chi connectivity index (χ0) is 22.7. The first kappa shape index (κ1) is 22.4. The first-order chi connectivity index (χ1) is 15.3. The Morgan fingerprint density at radius 3 is 2.50 bits per heavy atom. The second kappa shape index (κ2) is 9.36. The van der Waals surface area contributed by atoms with Crippen LogP contribution in [0.25, 0.3) is 0 Å². The van der Waals surface area contributed by atoms with Crippen LogP contribution in [0.15, 0.2) is 47.8 Å². The SMILES string of the molecule is CS(=O)(=O)/C(F)=C/[C@@H](NC(=O)c1cnc(C2CCCC2)c(Oc2ccccc2)n1)C1CC1. The second-order valence-corrected chi connectivity index (χ2v) is 10.4. The smallest absolute Gasteiger partial charge is 0.272 e. The Hall–Kier alpha value is -2.81. The number of hydrogen-bond donors (Lipinski definition) is 1. The summed E-state index contributed by atoms with van der Waals surface area (Å²) in [7, 11) is -3.97. The highest BCUT2D eigenvalue weighted by Gasteiger charge is 2.33. The van der Waals surface area contributed by atoms with Crippen molar-refractivity contribution in [2.45, 2.75) is 50.5 Å². The molecule has 0 aliphatic heterocycles. The molecule has 0 unspecified atom stereocenters. The fourth-order valence-electron chi connectivity index (χ4n) is 3.89. The van der Waals surface area contributed by atoms with E-state index in [4.69, 9.17) is 4.74 Å². The quantitative estimate of drug-likeness (QED) is 0.632. The molecule has 1 amide bonds. The molecule has 2 aliphatic rings. The summed E-state index contributed by atoms with van der Waals surface area (Å²) in [6.07, 6.45) is 8.94. The summed E-state index contributed by atoms with van der Waals surface area (Å²) in [6, 6.07) is 8.44. The van der Waals surface area contributed by atoms with Crippen LogP contribution in [0.1, 0.15) is 60.6 Å². The van der Waals surface area contributed by atoms with Gasteiger partial charge in [0.15, 0.2) is 5.69 Å². The van der Waals surface area contributed by atoms with E-state index in [1.165, 1.54) is 6.20 Å². The molecule has 0 radical (unpaired) electrons. The fraction of sp³-hybridized carbons (Fsp3) is 0.435. The van der Waals surface area contributed by atoms with Gasteiger partial charge in [-0.05, 0) is 49.8 Å². The molecule has 2 aliphatic carbocycles. The minimum atomic E-state index is -3.97. The second-order valence-electron chi connectivity index (χ2n) is 8.42. The predicted molar refractivity (Wildman–Crippen MR) is 118 cm³/mol. The van der Waals surface area contributed by atoms with Gasteiger partial charge in [0, 0.05) is 12.2 Å². The van der Waals surface area contributed by atoms with Crippen LogP contribution >= 0.6 is 0 Å². The van der Waals surface area contributed by atoms with Gasteiger partial charge in [0.1, 0.15) is 11.4 Å². The number of carbonyl (C=O) groups excluding carboxylic acids is 1. The molecule has 2 fully saturated rings. The Morgan fingerprint density at radius 2 is 1.88 bits per heavy atom. The van der Waals surface area contributed by atoms with Crippen molar-refractivity contribution in [2.75, 3.05) is 6.26 Å². The molecular weight excluding hydrogens is 433 g/mol. The number of nitrogens with one attached hydrogen (secondary N) is 1. The molecule has 1 aromatic heterocycles. The fourth-order valence-corrected chi connectivity index (χ4v) is 4.28. The lowest BCUT2D eigenvalue weighted by molar-refractivity contribution is 0.0934. The Balaban J connectivity index is 1.59. The van der Waals surface area contributed by atoms with Gasteiger partial charge >= 0.3 is 0 Å². The van der Waals surface area contributed by atoms with Gasteiger partial charge in [-0.3, -0.25) is 9.78 Å². The van der Waals surface area contributed by atoms with E-state index < -0.39 is 26.9 Å². The summed E-state index contributed by atoms with van der Waals surface area (Å²) < 4.78 is 42.9. The van der Waals surface area contributed by atoms with Crippen molar-refractivity contribution in [3.05, 3.63) is 59.2 Å². The topological polar surface area (TPSA) is 98.2 Å². The lowest BCUT2D eigenvalue weighted by Crippen LogP contribution is -2.36. The molecule has 32 heavy (non-hydrogen) atoms. The summed E-state index contributed by atoms with van der Waals surface area (Å²) in [5.41, 5.74) is 0.765. The Bertz CT molecular complexity index is 1110. The van der Waals surface area contributed by atoms with E-state index in [9.17, 15) is 17.6 Å². The normalized spacial score (nSPS) is 18.4. The van der Waals surface area contributed by atoms with E-state index in [0.29, 0.717) is 5.75 Å². The number of nitrogens with zero attached hydrogens (tertiary/aromatic N) is 2. The third-order valence-corrected chi connectivity index (χ3v) is 6.64. The van der Waals surface area contributed by atoms with Gasteiger partial charge in [0.25, 0.3) is 5.91 Å². The van der Waals surface area contributed by atoms with Gasteiger partial charge in [-0.1, -0.05) is 31.0 Å². The maximum Gasteiger partial charge on any atom is 0.272 e. The molecule has 1 atom stereocenters. The van der Waals surface area contributed by atoms with Crippen LogP contribution in [0.2, 0.25) is 0 Å². The molecule has 1 aromatic carbocycles. The lowest BCUT2D eigenvalue weighted by Gasteiger charge is -2.17. The van der Waals surface area contributed by atoms with Crippen molar-refractivity contribution in [1.82, 2.24) is 15.3 Å². The van der Waals surface area contributed by atoms with E-state index in [-0.39, 0.29) is 23.4 Å². The van der Waals surface area contributed by atoms with Crippen molar-refractivity contribution in [3.63, 3.8) is 0 Å². The summed E-state index contributed by atoms with van der Waals surface area (Å²) in [4.78, 5) is 21.8. The van der Waals surface area contributed by atoms with Gasteiger partial charge in [-0.2, -0.15) is 4.39 Å². The van der Waals surface area contributed by atoms with E-state index in [1.54, 1.807) is 12.1 Å². The Morgan fingerprint density at radius 1 is 1.19 bits per heavy atom. The zero-order valence-electron chi connectivity index (χ0n) is 17.8. The average Bonchev–Trinajstić information content (AvgIpc) is 3.47. The van der Waals surface area contributed by atoms with E-state index >= 15 is 0 Å². The molecule has 2 saturated carbocycles. The van der Waals surface area contributed by atoms with Crippen molar-refractivity contribution >= 4 is 15.7 Å². The molecule has 1 heterocycles. The van der Waals surface area contributed by atoms with Gasteiger partial charge in [-0.15, -0.1) is 0 Å². The molecule has 9 heteroatoms. The van der Waals surface area contributed by atoms with Crippen LogP contribution in [0.5, 0.6) is 11.6 Å². The lowest BCUT2D eigenvalue weighted by atomic mass is 10.0. The highest BCUT2D eigenvalue weighted by Crippen LogP contribution is 2.38. The number of ether oxygens (including phenoxy) is 1. The van der Waals surface area contributed by atoms with E-state index in [1.807, 2.05) is 18.2 Å². The van der Waals surface area contributed by atoms with E-state index in [2.05, 4.69) is 15.3 Å². The van der Waals surface area contributed by atoms with Gasteiger partial charge in [0.05, 0.1) is 12.2 Å². The highest BCUT2D eigenvalue weighted by molar-refractivity contribution is 7.94. The minimum Gasteiger partial charge on any atom is -0.437 e. The maximum atomic E-state index is 14.0. The van der Waals surface area contributed by atoms with Crippen LogP contribution in [-0.2, 0) is 9.84 Å². The number of halogens is 1. The third-order valence-electron chi connectivity index (χ3n) is 5.79. The van der Waals surface area contributed by atoms with Crippen molar-refractivity contribution in [2.24, 2.45) is 5.92 Å². The summed E-state index contributed by atoms with van der Waals surface area (Å²) >= 11 is 0. The number of para-hydroxylation sites is 1. The van der Waals surface area contributed by atoms with Crippen LogP contribution in [0, 0.1) is 5.92 Å². The van der Waals surface area contributed by atoms with Crippen molar-refractivity contribution in [3.8, 4) is 11.6 Å². The van der Waals surface area contributed by atoms with Gasteiger partial charge in [0.2, 0.25) is 20.9 Å². The highest BCUT2D eigenvalue weighted by atomic mass is 32.2. The molecule has 4 rings (SSSR count). The van der Waals surface area contributed by atoms with E-state index in [0.717, 1.165) is 56.6 Å². The number of benzene rings is 1.